The first kappa shape index (κ1) is 36.7. The zero-order valence-electron chi connectivity index (χ0n) is 34.8. The fourth-order valence-electron chi connectivity index (χ4n) is 9.93. The van der Waals surface area contributed by atoms with Gasteiger partial charge in [0.05, 0.1) is 22.4 Å². The van der Waals surface area contributed by atoms with Crippen LogP contribution in [0.15, 0.2) is 194 Å². The summed E-state index contributed by atoms with van der Waals surface area (Å²) >= 11 is 0. The van der Waals surface area contributed by atoms with Gasteiger partial charge in [-0.05, 0) is 97.0 Å². The van der Waals surface area contributed by atoms with E-state index in [1.807, 2.05) is 13.0 Å². The molecular formula is C56H44N4Si. The molecule has 0 saturated heterocycles. The Hall–Kier alpha value is -7.34. The van der Waals surface area contributed by atoms with Crippen LogP contribution in [0.1, 0.15) is 22.5 Å². The summed E-state index contributed by atoms with van der Waals surface area (Å²) in [5.74, 6) is 0.762. The lowest BCUT2D eigenvalue weighted by Gasteiger charge is -2.45. The molecule has 0 bridgehead atoms. The van der Waals surface area contributed by atoms with E-state index in [1.165, 1.54) is 65.1 Å². The van der Waals surface area contributed by atoms with E-state index in [0.29, 0.717) is 0 Å². The summed E-state index contributed by atoms with van der Waals surface area (Å²) < 4.78 is 2.45. The van der Waals surface area contributed by atoms with E-state index in [9.17, 15) is 0 Å². The Labute approximate surface area is 358 Å². The van der Waals surface area contributed by atoms with Gasteiger partial charge < -0.3 is 9.47 Å². The van der Waals surface area contributed by atoms with Gasteiger partial charge in [0, 0.05) is 50.2 Å². The second kappa shape index (κ2) is 14.4. The second-order valence-corrected chi connectivity index (χ2v) is 20.2. The van der Waals surface area contributed by atoms with Crippen molar-refractivity contribution in [2.24, 2.45) is 0 Å². The summed E-state index contributed by atoms with van der Waals surface area (Å²) in [7, 11) is -2.99. The Morgan fingerprint density at radius 2 is 0.951 bits per heavy atom. The van der Waals surface area contributed by atoms with Gasteiger partial charge in [-0.25, -0.2) is 9.97 Å². The van der Waals surface area contributed by atoms with Crippen LogP contribution in [0.5, 0.6) is 0 Å². The molecule has 0 radical (unpaired) electrons. The van der Waals surface area contributed by atoms with Gasteiger partial charge in [-0.3, -0.25) is 0 Å². The number of rotatable bonds is 6. The van der Waals surface area contributed by atoms with Crippen molar-refractivity contribution in [1.29, 1.82) is 0 Å². The molecule has 0 spiro atoms. The van der Waals surface area contributed by atoms with Crippen molar-refractivity contribution in [3.8, 4) is 28.2 Å². The Balaban J connectivity index is 1.15. The van der Waals surface area contributed by atoms with Gasteiger partial charge >= 0.3 is 0 Å². The molecular weight excluding hydrogens is 757 g/mol. The van der Waals surface area contributed by atoms with Gasteiger partial charge in [0.15, 0.2) is 8.07 Å². The fraction of sp³-hybridized carbons (Fsp3) is 0.0714. The Morgan fingerprint density at radius 1 is 0.410 bits per heavy atom. The fourth-order valence-corrected chi connectivity index (χ4v) is 15.2. The van der Waals surface area contributed by atoms with E-state index in [2.05, 4.69) is 218 Å². The highest BCUT2D eigenvalue weighted by atomic mass is 28.3. The Kier molecular flexibility index (Phi) is 8.69. The molecule has 11 rings (SSSR count). The van der Waals surface area contributed by atoms with Crippen LogP contribution in [0.2, 0.25) is 0 Å². The van der Waals surface area contributed by atoms with Gasteiger partial charge in [0.1, 0.15) is 5.82 Å². The van der Waals surface area contributed by atoms with E-state index in [1.54, 1.807) is 0 Å². The molecule has 0 amide bonds. The third kappa shape index (κ3) is 5.80. The summed E-state index contributed by atoms with van der Waals surface area (Å²) in [6.07, 6.45) is 0. The minimum Gasteiger partial charge on any atom is -0.311 e. The van der Waals surface area contributed by atoms with Crippen LogP contribution in [-0.2, 0) is 0 Å². The average Bonchev–Trinajstić information content (AvgIpc) is 3.63. The molecule has 0 aliphatic carbocycles. The predicted molar refractivity (Wildman–Crippen MR) is 258 cm³/mol. The first-order valence-corrected chi connectivity index (χ1v) is 23.1. The smallest absolute Gasteiger partial charge is 0.184 e. The van der Waals surface area contributed by atoms with Crippen molar-refractivity contribution in [2.45, 2.75) is 27.7 Å². The van der Waals surface area contributed by atoms with E-state index >= 15 is 0 Å². The Morgan fingerprint density at radius 3 is 1.59 bits per heavy atom. The van der Waals surface area contributed by atoms with Crippen LogP contribution in [0.4, 0.5) is 17.1 Å². The largest absolute Gasteiger partial charge is 0.311 e. The second-order valence-electron chi connectivity index (χ2n) is 16.4. The zero-order valence-corrected chi connectivity index (χ0v) is 35.8. The maximum Gasteiger partial charge on any atom is 0.184 e. The topological polar surface area (TPSA) is 34.0 Å². The third-order valence-electron chi connectivity index (χ3n) is 12.6. The van der Waals surface area contributed by atoms with E-state index < -0.39 is 8.07 Å². The summed E-state index contributed by atoms with van der Waals surface area (Å²) in [5.41, 5.74) is 14.8. The maximum atomic E-state index is 4.99. The number of hydrogen-bond acceptors (Lipinski definition) is 3. The van der Waals surface area contributed by atoms with Gasteiger partial charge in [-0.2, -0.15) is 0 Å². The summed E-state index contributed by atoms with van der Waals surface area (Å²) in [4.78, 5) is 12.4. The number of hydrogen-bond donors (Lipinski definition) is 0. The van der Waals surface area contributed by atoms with Crippen molar-refractivity contribution in [2.75, 3.05) is 4.90 Å². The molecule has 0 fully saturated rings. The highest BCUT2D eigenvalue weighted by Crippen LogP contribution is 2.41. The minimum atomic E-state index is -2.99. The van der Waals surface area contributed by atoms with E-state index in [0.717, 1.165) is 45.3 Å². The number of para-hydroxylation sites is 2. The molecule has 8 aromatic carbocycles. The quantitative estimate of drug-likeness (QED) is 0.157. The van der Waals surface area contributed by atoms with Crippen LogP contribution in [0.3, 0.4) is 0 Å². The van der Waals surface area contributed by atoms with Gasteiger partial charge in [0.2, 0.25) is 0 Å². The third-order valence-corrected chi connectivity index (χ3v) is 17.4. The lowest BCUT2D eigenvalue weighted by Crippen LogP contribution is -2.77. The normalized spacial score (nSPS) is 13.0. The Bertz CT molecular complexity index is 3230. The highest BCUT2D eigenvalue weighted by Gasteiger charge is 2.49. The molecule has 2 aromatic heterocycles. The summed E-state index contributed by atoms with van der Waals surface area (Å²) in [6, 6.07) is 72.0. The molecule has 0 unspecified atom stereocenters. The van der Waals surface area contributed by atoms with Crippen LogP contribution in [-0.4, -0.2) is 22.6 Å². The zero-order chi connectivity index (χ0) is 41.2. The molecule has 0 N–H and O–H groups in total. The van der Waals surface area contributed by atoms with Crippen LogP contribution in [0, 0.1) is 27.7 Å². The first-order valence-electron chi connectivity index (χ1n) is 21.1. The van der Waals surface area contributed by atoms with Crippen molar-refractivity contribution >= 4 is 67.7 Å². The summed E-state index contributed by atoms with van der Waals surface area (Å²) in [5, 5.41) is 8.03. The van der Waals surface area contributed by atoms with Gasteiger partial charge in [-0.15, -0.1) is 0 Å². The standard InChI is InChI=1S/C56H44N4Si/c1-37-24-32-50-53(34-37)61(45-20-12-7-13-21-45,46-30-31-48-47-22-14-15-23-49(47)59(52(48)36-46)43-18-10-6-11-19-43)54-35-38(2)25-33-51(54)60(50)44-28-26-42(27-29-44)56-39(3)55(57-40(4)58-56)41-16-8-5-9-17-41/h5-36H,1-4H3. The van der Waals surface area contributed by atoms with Crippen LogP contribution >= 0.6 is 0 Å². The molecule has 61 heavy (non-hydrogen) atoms. The average molecular weight is 801 g/mol. The minimum absolute atomic E-state index is 0.762. The molecule has 0 atom stereocenters. The van der Waals surface area contributed by atoms with Crippen molar-refractivity contribution in [1.82, 2.24) is 14.5 Å². The first-order chi connectivity index (χ1) is 29.9. The molecule has 1 aliphatic heterocycles. The number of aryl methyl sites for hydroxylation is 3. The van der Waals surface area contributed by atoms with Gasteiger partial charge in [-0.1, -0.05) is 157 Å². The molecule has 0 saturated carbocycles. The molecule has 1 aliphatic rings. The summed E-state index contributed by atoms with van der Waals surface area (Å²) in [6.45, 7) is 8.59. The molecule has 5 heteroatoms. The number of nitrogens with zero attached hydrogens (tertiary/aromatic N) is 4. The van der Waals surface area contributed by atoms with E-state index in [-0.39, 0.29) is 0 Å². The monoisotopic (exact) mass is 800 g/mol. The SMILES string of the molecule is Cc1ccc2c(c1)[Si](c1ccccc1)(c1ccc3c4ccccc4n(-c4ccccc4)c3c1)c1cc(C)ccc1N2c1ccc(-c2nc(C)nc(-c3ccccc3)c2C)cc1. The number of anilines is 3. The number of benzene rings is 8. The number of aromatic nitrogens is 3. The van der Waals surface area contributed by atoms with Gasteiger partial charge in [0.25, 0.3) is 0 Å². The van der Waals surface area contributed by atoms with Crippen molar-refractivity contribution in [3.05, 3.63) is 217 Å². The predicted octanol–water partition coefficient (Wildman–Crippen LogP) is 11.3. The number of fused-ring (bicyclic) bond motifs is 5. The van der Waals surface area contributed by atoms with Crippen LogP contribution in [0.25, 0.3) is 50.0 Å². The lowest BCUT2D eigenvalue weighted by atomic mass is 10.0. The lowest BCUT2D eigenvalue weighted by molar-refractivity contribution is 1.04. The van der Waals surface area contributed by atoms with Crippen LogP contribution < -0.4 is 25.6 Å². The van der Waals surface area contributed by atoms with Crippen molar-refractivity contribution < 1.29 is 0 Å². The highest BCUT2D eigenvalue weighted by molar-refractivity contribution is 7.21. The molecule has 4 nitrogen and oxygen atoms in total. The van der Waals surface area contributed by atoms with E-state index in [4.69, 9.17) is 9.97 Å². The molecule has 292 valence electrons. The molecule has 10 aromatic rings. The van der Waals surface area contributed by atoms with Crippen molar-refractivity contribution in [3.63, 3.8) is 0 Å². The maximum absolute atomic E-state index is 4.99. The molecule has 3 heterocycles.